The molecular weight excluding hydrogens is 334 g/mol. The number of aryl methyl sites for hydroxylation is 1. The van der Waals surface area contributed by atoms with Crippen molar-refractivity contribution in [3.63, 3.8) is 0 Å². The van der Waals surface area contributed by atoms with E-state index < -0.39 is 18.4 Å². The molecule has 1 heterocycles. The molecule has 0 unspecified atom stereocenters. The van der Waals surface area contributed by atoms with Crippen LogP contribution in [0.4, 0.5) is 0 Å². The van der Waals surface area contributed by atoms with Gasteiger partial charge < -0.3 is 14.8 Å². The zero-order valence-electron chi connectivity index (χ0n) is 12.8. The van der Waals surface area contributed by atoms with E-state index >= 15 is 0 Å². The van der Waals surface area contributed by atoms with Crippen LogP contribution in [-0.4, -0.2) is 26.7 Å². The molecule has 0 bridgehead atoms. The Morgan fingerprint density at radius 3 is 2.58 bits per heavy atom. The van der Waals surface area contributed by atoms with E-state index in [1.807, 2.05) is 0 Å². The van der Waals surface area contributed by atoms with Crippen LogP contribution in [0.5, 0.6) is 0 Å². The van der Waals surface area contributed by atoms with Gasteiger partial charge in [0.15, 0.2) is 5.43 Å². The molecule has 0 saturated carbocycles. The van der Waals surface area contributed by atoms with Gasteiger partial charge in [0.25, 0.3) is 0 Å². The number of carboxylic acids is 2. The van der Waals surface area contributed by atoms with Gasteiger partial charge in [0, 0.05) is 23.3 Å². The number of halogens is 1. The van der Waals surface area contributed by atoms with Crippen molar-refractivity contribution in [1.82, 2.24) is 4.57 Å². The number of fused-ring (bicyclic) bond motifs is 3. The summed E-state index contributed by atoms with van der Waals surface area (Å²) in [5.74, 6) is -2.31. The molecule has 2 N–H and O–H groups in total. The molecule has 0 aliphatic heterocycles. The lowest BCUT2D eigenvalue weighted by molar-refractivity contribution is -0.136. The van der Waals surface area contributed by atoms with Crippen LogP contribution in [0.25, 0.3) is 11.3 Å². The summed E-state index contributed by atoms with van der Waals surface area (Å²) in [6, 6.07) is 4.55. The molecular formula is C17H14ClNO5. The van der Waals surface area contributed by atoms with Crippen molar-refractivity contribution in [2.75, 3.05) is 0 Å². The predicted octanol–water partition coefficient (Wildman–Crippen LogP) is 2.13. The van der Waals surface area contributed by atoms with Crippen LogP contribution >= 0.6 is 11.6 Å². The largest absolute Gasteiger partial charge is 0.481 e. The molecule has 24 heavy (non-hydrogen) atoms. The van der Waals surface area contributed by atoms with Crippen molar-refractivity contribution in [3.8, 4) is 11.3 Å². The topological polar surface area (TPSA) is 96.6 Å². The first-order chi connectivity index (χ1) is 11.3. The van der Waals surface area contributed by atoms with E-state index in [1.54, 1.807) is 13.1 Å². The minimum absolute atomic E-state index is 0.0162. The highest BCUT2D eigenvalue weighted by Gasteiger charge is 2.31. The first-order valence-electron chi connectivity index (χ1n) is 7.30. The number of carboxylic acid groups (broad SMARTS) is 2. The Labute approximate surface area is 141 Å². The average molecular weight is 348 g/mol. The molecule has 0 amide bonds. The highest BCUT2D eigenvalue weighted by Crippen LogP contribution is 2.37. The van der Waals surface area contributed by atoms with Crippen LogP contribution in [0.1, 0.15) is 27.2 Å². The summed E-state index contributed by atoms with van der Waals surface area (Å²) in [6.07, 6.45) is 0.467. The predicted molar refractivity (Wildman–Crippen MR) is 87.8 cm³/mol. The fourth-order valence-corrected chi connectivity index (χ4v) is 3.57. The van der Waals surface area contributed by atoms with Crippen molar-refractivity contribution in [2.45, 2.75) is 19.3 Å². The van der Waals surface area contributed by atoms with Gasteiger partial charge in [0.1, 0.15) is 0 Å². The summed E-state index contributed by atoms with van der Waals surface area (Å²) < 4.78 is 1.51. The van der Waals surface area contributed by atoms with Crippen LogP contribution in [0.15, 0.2) is 23.0 Å². The Kier molecular flexibility index (Phi) is 3.93. The van der Waals surface area contributed by atoms with Gasteiger partial charge in [-0.25, -0.2) is 4.79 Å². The fraction of sp³-hybridized carbons (Fsp3) is 0.235. The van der Waals surface area contributed by atoms with E-state index in [0.29, 0.717) is 34.7 Å². The molecule has 0 radical (unpaired) electrons. The maximum absolute atomic E-state index is 12.5. The van der Waals surface area contributed by atoms with Gasteiger partial charge in [-0.1, -0.05) is 11.6 Å². The number of aromatic carboxylic acids is 1. The van der Waals surface area contributed by atoms with Gasteiger partial charge >= 0.3 is 11.9 Å². The lowest BCUT2D eigenvalue weighted by Crippen LogP contribution is -2.13. The van der Waals surface area contributed by atoms with Crippen molar-refractivity contribution >= 4 is 23.5 Å². The smallest absolute Gasteiger partial charge is 0.337 e. The lowest BCUT2D eigenvalue weighted by atomic mass is 9.89. The second kappa shape index (κ2) is 5.79. The first-order valence-corrected chi connectivity index (χ1v) is 7.67. The fourth-order valence-electron chi connectivity index (χ4n) is 3.37. The van der Waals surface area contributed by atoms with Gasteiger partial charge in [-0.2, -0.15) is 0 Å². The minimum Gasteiger partial charge on any atom is -0.481 e. The van der Waals surface area contributed by atoms with E-state index in [9.17, 15) is 19.5 Å². The van der Waals surface area contributed by atoms with E-state index in [1.165, 1.54) is 16.7 Å². The first kappa shape index (κ1) is 16.3. The minimum atomic E-state index is -1.18. The van der Waals surface area contributed by atoms with Gasteiger partial charge in [0.2, 0.25) is 0 Å². The summed E-state index contributed by atoms with van der Waals surface area (Å²) in [5.41, 5.74) is 2.02. The Balaban J connectivity index is 2.41. The third-order valence-corrected chi connectivity index (χ3v) is 4.54. The zero-order valence-corrected chi connectivity index (χ0v) is 13.6. The number of aliphatic carboxylic acids is 1. The highest BCUT2D eigenvalue weighted by molar-refractivity contribution is 6.30. The van der Waals surface area contributed by atoms with Crippen LogP contribution < -0.4 is 5.43 Å². The number of aromatic nitrogens is 1. The molecule has 0 fully saturated rings. The Morgan fingerprint density at radius 2 is 1.96 bits per heavy atom. The van der Waals surface area contributed by atoms with Gasteiger partial charge in [-0.15, -0.1) is 0 Å². The standard InChI is InChI=1S/C17H14ClNO5/c1-19-11(7-13(21)22)15(17(23)24)10-4-2-8-6-9(18)3-5-12(20)14(8)16(10)19/h3,5-6H,2,4,7H2,1H3,(H,21,22)(H,23,24). The number of rotatable bonds is 3. The van der Waals surface area contributed by atoms with Gasteiger partial charge in [0.05, 0.1) is 17.7 Å². The van der Waals surface area contributed by atoms with Crippen LogP contribution in [0.2, 0.25) is 5.02 Å². The number of hydrogen-bond acceptors (Lipinski definition) is 3. The SMILES string of the molecule is Cn1c(CC(=O)O)c(C(=O)O)c2c1-c1c(cc(Cl)ccc1=O)CC2. The van der Waals surface area contributed by atoms with Gasteiger partial charge in [-0.05, 0) is 42.2 Å². The van der Waals surface area contributed by atoms with E-state index in [4.69, 9.17) is 16.7 Å². The zero-order chi connectivity index (χ0) is 17.6. The summed E-state index contributed by atoms with van der Waals surface area (Å²) in [5, 5.41) is 19.1. The number of nitrogens with zero attached hydrogens (tertiary/aromatic N) is 1. The quantitative estimate of drug-likeness (QED) is 0.886. The summed E-state index contributed by atoms with van der Waals surface area (Å²) in [6.45, 7) is 0. The second-order valence-electron chi connectivity index (χ2n) is 5.71. The van der Waals surface area contributed by atoms with E-state index in [2.05, 4.69) is 0 Å². The molecule has 3 rings (SSSR count). The molecule has 0 saturated heterocycles. The molecule has 1 aromatic carbocycles. The Hall–Kier alpha value is -2.60. The molecule has 2 aromatic rings. The Morgan fingerprint density at radius 1 is 1.25 bits per heavy atom. The molecule has 1 aromatic heterocycles. The van der Waals surface area contributed by atoms with Crippen LogP contribution in [0.3, 0.4) is 0 Å². The molecule has 0 atom stereocenters. The summed E-state index contributed by atoms with van der Waals surface area (Å²) >= 11 is 6.04. The number of hydrogen-bond donors (Lipinski definition) is 2. The molecule has 0 spiro atoms. The average Bonchev–Trinajstić information content (AvgIpc) is 2.67. The van der Waals surface area contributed by atoms with Gasteiger partial charge in [-0.3, -0.25) is 9.59 Å². The molecule has 1 aliphatic carbocycles. The third kappa shape index (κ3) is 2.49. The maximum atomic E-state index is 12.5. The summed E-state index contributed by atoms with van der Waals surface area (Å²) in [7, 11) is 1.59. The molecule has 1 aliphatic rings. The monoisotopic (exact) mass is 347 g/mol. The maximum Gasteiger partial charge on any atom is 0.337 e. The summed E-state index contributed by atoms with van der Waals surface area (Å²) in [4.78, 5) is 35.3. The van der Waals surface area contributed by atoms with Crippen molar-refractivity contribution < 1.29 is 19.8 Å². The second-order valence-corrected chi connectivity index (χ2v) is 6.15. The Bertz CT molecular complexity index is 945. The van der Waals surface area contributed by atoms with Crippen LogP contribution in [0, 0.1) is 0 Å². The van der Waals surface area contributed by atoms with Crippen molar-refractivity contribution in [1.29, 1.82) is 0 Å². The van der Waals surface area contributed by atoms with E-state index in [0.717, 1.165) is 5.56 Å². The number of carbonyl (C=O) groups is 2. The lowest BCUT2D eigenvalue weighted by Gasteiger charge is -2.16. The third-order valence-electron chi connectivity index (χ3n) is 4.30. The highest BCUT2D eigenvalue weighted by atomic mass is 35.5. The molecule has 6 nitrogen and oxygen atoms in total. The normalized spacial score (nSPS) is 12.4. The van der Waals surface area contributed by atoms with Crippen molar-refractivity contribution in [3.05, 3.63) is 55.8 Å². The van der Waals surface area contributed by atoms with E-state index in [-0.39, 0.29) is 16.7 Å². The molecule has 7 heteroatoms. The van der Waals surface area contributed by atoms with Crippen LogP contribution in [-0.2, 0) is 31.1 Å². The molecule has 124 valence electrons. The van der Waals surface area contributed by atoms with Crippen molar-refractivity contribution in [2.24, 2.45) is 7.05 Å².